The normalized spacial score (nSPS) is 13.6. The fourth-order valence-electron chi connectivity index (χ4n) is 9.39. The number of fused-ring (bicyclic) bond motifs is 9. The Hall–Kier alpha value is -6.59. The summed E-state index contributed by atoms with van der Waals surface area (Å²) in [6, 6.07) is 58.2. The molecule has 3 heterocycles. The summed E-state index contributed by atoms with van der Waals surface area (Å²) < 4.78 is 6.61. The molecule has 0 saturated heterocycles. The van der Waals surface area contributed by atoms with Crippen molar-refractivity contribution in [3.63, 3.8) is 0 Å². The minimum atomic E-state index is -0.0305. The summed E-state index contributed by atoms with van der Waals surface area (Å²) in [7, 11) is 0. The number of hydrogen-bond donors (Lipinski definition) is 0. The molecule has 2 aliphatic heterocycles. The van der Waals surface area contributed by atoms with E-state index in [1.807, 2.05) is 24.3 Å². The second kappa shape index (κ2) is 12.5. The molecule has 0 N–H and O–H groups in total. The van der Waals surface area contributed by atoms with Gasteiger partial charge >= 0.3 is 0 Å². The third-order valence-corrected chi connectivity index (χ3v) is 12.4. The van der Waals surface area contributed by atoms with Crippen LogP contribution in [0.1, 0.15) is 52.7 Å². The van der Waals surface area contributed by atoms with Crippen molar-refractivity contribution in [2.45, 2.75) is 52.4 Å². The van der Waals surface area contributed by atoms with Gasteiger partial charge < -0.3 is 14.2 Å². The molecule has 11 rings (SSSR count). The summed E-state index contributed by atoms with van der Waals surface area (Å²) in [4.78, 5) is 10.1. The van der Waals surface area contributed by atoms with E-state index in [9.17, 15) is 0 Å². The Morgan fingerprint density at radius 1 is 0.500 bits per heavy atom. The highest BCUT2D eigenvalue weighted by Crippen LogP contribution is 2.49. The Bertz CT molecular complexity index is 2890. The van der Waals surface area contributed by atoms with Crippen LogP contribution in [0.15, 0.2) is 162 Å². The topological polar surface area (TPSA) is 32.5 Å². The van der Waals surface area contributed by atoms with E-state index in [1.165, 1.54) is 60.4 Å². The average Bonchev–Trinajstić information content (AvgIpc) is 3.67. The third kappa shape index (κ3) is 5.26. The van der Waals surface area contributed by atoms with E-state index in [4.69, 9.17) is 9.40 Å². The molecular weight excluding hydrogens is 705 g/mol. The van der Waals surface area contributed by atoms with Gasteiger partial charge in [-0.15, -0.1) is 0 Å². The van der Waals surface area contributed by atoms with Crippen molar-refractivity contribution in [2.75, 3.05) is 9.80 Å². The number of rotatable bonds is 3. The molecular formula is C53H44BN3O. The van der Waals surface area contributed by atoms with Crippen molar-refractivity contribution in [1.82, 2.24) is 4.98 Å². The van der Waals surface area contributed by atoms with Crippen LogP contribution < -0.4 is 26.2 Å². The molecule has 1 aromatic heterocycles. The second-order valence-corrected chi connectivity index (χ2v) is 18.1. The summed E-state index contributed by atoms with van der Waals surface area (Å²) in [5.41, 5.74) is 16.0. The Labute approximate surface area is 340 Å². The summed E-state index contributed by atoms with van der Waals surface area (Å²) in [6.45, 7) is 13.6. The lowest BCUT2D eigenvalue weighted by atomic mass is 9.33. The number of anilines is 6. The van der Waals surface area contributed by atoms with E-state index in [0.717, 1.165) is 39.4 Å². The largest absolute Gasteiger partial charge is 0.436 e. The van der Waals surface area contributed by atoms with E-state index in [1.54, 1.807) is 0 Å². The van der Waals surface area contributed by atoms with Gasteiger partial charge in [-0.05, 0) is 97.6 Å². The molecule has 8 aromatic carbocycles. The molecule has 0 bridgehead atoms. The number of para-hydroxylation sites is 2. The van der Waals surface area contributed by atoms with Gasteiger partial charge in [-0.1, -0.05) is 151 Å². The lowest BCUT2D eigenvalue weighted by Gasteiger charge is -2.45. The van der Waals surface area contributed by atoms with Gasteiger partial charge in [0.05, 0.1) is 0 Å². The minimum Gasteiger partial charge on any atom is -0.436 e. The summed E-state index contributed by atoms with van der Waals surface area (Å²) in [5.74, 6) is 0.607. The van der Waals surface area contributed by atoms with E-state index in [0.29, 0.717) is 5.89 Å². The number of benzene rings is 8. The van der Waals surface area contributed by atoms with Crippen molar-refractivity contribution >= 4 is 89.9 Å². The van der Waals surface area contributed by atoms with Crippen LogP contribution in [0.25, 0.3) is 44.1 Å². The molecule has 0 saturated carbocycles. The van der Waals surface area contributed by atoms with Gasteiger partial charge in [-0.3, -0.25) is 0 Å². The highest BCUT2D eigenvalue weighted by molar-refractivity contribution is 7.00. The van der Waals surface area contributed by atoms with Crippen LogP contribution in [0, 0.1) is 0 Å². The molecule has 0 aliphatic carbocycles. The number of oxazole rings is 1. The van der Waals surface area contributed by atoms with Crippen molar-refractivity contribution < 1.29 is 4.42 Å². The maximum atomic E-state index is 6.61. The van der Waals surface area contributed by atoms with E-state index in [2.05, 4.69) is 185 Å². The fraction of sp³-hybridized carbons (Fsp3) is 0.151. The molecule has 280 valence electrons. The van der Waals surface area contributed by atoms with Crippen LogP contribution >= 0.6 is 0 Å². The summed E-state index contributed by atoms with van der Waals surface area (Å²) in [6.07, 6.45) is 0. The molecule has 0 spiro atoms. The van der Waals surface area contributed by atoms with Gasteiger partial charge in [0.1, 0.15) is 5.52 Å². The molecule has 0 atom stereocenters. The Balaban J connectivity index is 1.29. The molecule has 4 nitrogen and oxygen atoms in total. The zero-order valence-corrected chi connectivity index (χ0v) is 33.8. The van der Waals surface area contributed by atoms with Crippen molar-refractivity contribution in [3.8, 4) is 11.5 Å². The van der Waals surface area contributed by atoms with Gasteiger partial charge in [-0.2, -0.15) is 0 Å². The SMILES string of the molecule is CC(C)(C)c1ccc(N2c3cc(-c4nc5ccccc5o4)cc4c3B(c3ccc5ccccc5c32)c2ccc3ccccc3c2N4c2ccc(C(C)(C)C)cc2)cc1. The zero-order chi connectivity index (χ0) is 39.5. The molecule has 9 aromatic rings. The van der Waals surface area contributed by atoms with Crippen molar-refractivity contribution in [3.05, 3.63) is 169 Å². The predicted molar refractivity (Wildman–Crippen MR) is 246 cm³/mol. The van der Waals surface area contributed by atoms with E-state index in [-0.39, 0.29) is 17.5 Å². The summed E-state index contributed by atoms with van der Waals surface area (Å²) >= 11 is 0. The monoisotopic (exact) mass is 749 g/mol. The first-order valence-corrected chi connectivity index (χ1v) is 20.4. The predicted octanol–water partition coefficient (Wildman–Crippen LogP) is 12.5. The minimum absolute atomic E-state index is 0.0255. The van der Waals surface area contributed by atoms with Crippen LogP contribution in [0.2, 0.25) is 0 Å². The van der Waals surface area contributed by atoms with Crippen LogP contribution in [-0.2, 0) is 10.8 Å². The Morgan fingerprint density at radius 3 is 1.45 bits per heavy atom. The van der Waals surface area contributed by atoms with Crippen LogP contribution in [-0.4, -0.2) is 11.7 Å². The molecule has 0 unspecified atom stereocenters. The number of nitrogens with zero attached hydrogens (tertiary/aromatic N) is 3. The third-order valence-electron chi connectivity index (χ3n) is 12.4. The van der Waals surface area contributed by atoms with E-state index < -0.39 is 0 Å². The molecule has 5 heteroatoms. The maximum absolute atomic E-state index is 6.61. The van der Waals surface area contributed by atoms with Crippen LogP contribution in [0.4, 0.5) is 34.1 Å². The lowest BCUT2D eigenvalue weighted by Crippen LogP contribution is -2.61. The van der Waals surface area contributed by atoms with Gasteiger partial charge in [0.2, 0.25) is 5.89 Å². The van der Waals surface area contributed by atoms with Crippen molar-refractivity contribution in [1.29, 1.82) is 0 Å². The Kier molecular flexibility index (Phi) is 7.44. The standard InChI is InChI=1S/C53H44BN3O/c1-52(2,3)36-21-25-38(26-22-36)56-45-31-35(51-55-44-17-11-12-18-47(44)58-51)32-46-48(45)54(42-29-19-33-13-7-9-15-40(33)49(42)56)43-30-20-34-14-8-10-16-41(34)50(43)57(46)39-27-23-37(24-28-39)53(4,5)6/h7-32H,1-6H3. The molecule has 0 radical (unpaired) electrons. The average molecular weight is 750 g/mol. The quantitative estimate of drug-likeness (QED) is 0.168. The smallest absolute Gasteiger partial charge is 0.252 e. The first-order valence-electron chi connectivity index (χ1n) is 20.4. The van der Waals surface area contributed by atoms with Gasteiger partial charge in [0.15, 0.2) is 5.58 Å². The zero-order valence-electron chi connectivity index (χ0n) is 33.8. The van der Waals surface area contributed by atoms with Gasteiger partial charge in [0.25, 0.3) is 6.71 Å². The first kappa shape index (κ1) is 34.6. The van der Waals surface area contributed by atoms with Crippen LogP contribution in [0.5, 0.6) is 0 Å². The highest BCUT2D eigenvalue weighted by Gasteiger charge is 2.45. The second-order valence-electron chi connectivity index (χ2n) is 18.1. The van der Waals surface area contributed by atoms with Crippen LogP contribution in [0.3, 0.4) is 0 Å². The molecule has 0 fully saturated rings. The lowest BCUT2D eigenvalue weighted by molar-refractivity contribution is 0.590. The first-order chi connectivity index (χ1) is 28.0. The molecule has 2 aliphatic rings. The van der Waals surface area contributed by atoms with E-state index >= 15 is 0 Å². The van der Waals surface area contributed by atoms with Crippen molar-refractivity contribution in [2.24, 2.45) is 0 Å². The molecule has 0 amide bonds. The van der Waals surface area contributed by atoms with Gasteiger partial charge in [-0.25, -0.2) is 4.98 Å². The number of aromatic nitrogens is 1. The highest BCUT2D eigenvalue weighted by atomic mass is 16.3. The van der Waals surface area contributed by atoms with Gasteiger partial charge in [0, 0.05) is 50.5 Å². The number of hydrogen-bond acceptors (Lipinski definition) is 4. The summed E-state index contributed by atoms with van der Waals surface area (Å²) in [5, 5.41) is 4.88. The maximum Gasteiger partial charge on any atom is 0.252 e. The molecule has 58 heavy (non-hydrogen) atoms. The fourth-order valence-corrected chi connectivity index (χ4v) is 9.39. The Morgan fingerprint density at radius 2 is 0.966 bits per heavy atom.